The van der Waals surface area contributed by atoms with E-state index in [1.807, 2.05) is 0 Å². The maximum absolute atomic E-state index is 4.93. The van der Waals surface area contributed by atoms with Crippen molar-refractivity contribution in [2.24, 2.45) is 0 Å². The van der Waals surface area contributed by atoms with Gasteiger partial charge in [0.1, 0.15) is 5.01 Å². The second-order valence-corrected chi connectivity index (χ2v) is 16.1. The molecule has 0 amide bonds. The zero-order chi connectivity index (χ0) is 36.0. The van der Waals surface area contributed by atoms with Crippen molar-refractivity contribution in [1.82, 2.24) is 4.98 Å². The Morgan fingerprint density at radius 2 is 0.981 bits per heavy atom. The average molecular weight is 706 g/mol. The summed E-state index contributed by atoms with van der Waals surface area (Å²) in [5, 5.41) is 8.71. The average Bonchev–Trinajstić information content (AvgIpc) is 3.76. The normalized spacial score (nSPS) is 13.1. The summed E-state index contributed by atoms with van der Waals surface area (Å²) in [7, 11) is 0. The zero-order valence-electron chi connectivity index (χ0n) is 30.1. The number of para-hydroxylation sites is 1. The van der Waals surface area contributed by atoms with Gasteiger partial charge < -0.3 is 0 Å². The minimum atomic E-state index is -0.129. The lowest BCUT2D eigenvalue weighted by Crippen LogP contribution is -2.15. The third-order valence-electron chi connectivity index (χ3n) is 11.7. The van der Waals surface area contributed by atoms with E-state index < -0.39 is 0 Å². The van der Waals surface area contributed by atoms with Crippen molar-refractivity contribution in [1.29, 1.82) is 0 Å². The second kappa shape index (κ2) is 11.8. The van der Waals surface area contributed by atoms with Crippen LogP contribution in [0.3, 0.4) is 0 Å². The minimum absolute atomic E-state index is 0.129. The van der Waals surface area contributed by atoms with Crippen LogP contribution in [0.1, 0.15) is 25.0 Å². The fourth-order valence-corrected chi connectivity index (χ4v) is 10.1. The van der Waals surface area contributed by atoms with Gasteiger partial charge in [-0.25, -0.2) is 4.98 Å². The molecule has 0 bridgehead atoms. The molecule has 0 atom stereocenters. The third-order valence-corrected chi connectivity index (χ3v) is 12.8. The SMILES string of the molecule is CC1(C)c2ccccc2-c2c1cc(-c1c3ccccc3c(-c3ccccc3)c3ccc(-c4ccc(-c5nc6ccccc6s5)cc4)cc13)c1ccccc21. The lowest BCUT2D eigenvalue weighted by molar-refractivity contribution is 0.661. The van der Waals surface area contributed by atoms with Crippen LogP contribution in [-0.4, -0.2) is 4.98 Å². The smallest absolute Gasteiger partial charge is 0.124 e. The Balaban J connectivity index is 1.20. The van der Waals surface area contributed by atoms with Crippen LogP contribution in [0.2, 0.25) is 0 Å². The van der Waals surface area contributed by atoms with Crippen molar-refractivity contribution in [3.05, 3.63) is 187 Å². The monoisotopic (exact) mass is 705 g/mol. The van der Waals surface area contributed by atoms with Gasteiger partial charge in [-0.3, -0.25) is 0 Å². The Morgan fingerprint density at radius 3 is 1.76 bits per heavy atom. The molecule has 1 aliphatic carbocycles. The quantitative estimate of drug-likeness (QED) is 0.166. The molecule has 2 heteroatoms. The number of hydrogen-bond donors (Lipinski definition) is 0. The summed E-state index contributed by atoms with van der Waals surface area (Å²) in [4.78, 5) is 4.93. The van der Waals surface area contributed by atoms with E-state index in [4.69, 9.17) is 4.98 Å². The van der Waals surface area contributed by atoms with Gasteiger partial charge in [-0.05, 0) is 112 Å². The number of hydrogen-bond acceptors (Lipinski definition) is 2. The Hall–Kier alpha value is -6.35. The molecule has 11 rings (SSSR count). The highest BCUT2D eigenvalue weighted by atomic mass is 32.1. The standard InChI is InChI=1S/C52H35NS/c1-52(2)44-21-11-10-20-41(44)50-37-17-7-6-16-36(37)43(31-45(50)52)49-39-19-9-8-18-38(39)48(33-14-4-3-5-15-33)40-29-28-35(30-42(40)49)32-24-26-34(27-25-32)51-53-46-22-12-13-23-47(46)54-51/h3-31H,1-2H3. The summed E-state index contributed by atoms with van der Waals surface area (Å²) in [6.07, 6.45) is 0. The highest BCUT2D eigenvalue weighted by molar-refractivity contribution is 7.21. The van der Waals surface area contributed by atoms with Crippen LogP contribution < -0.4 is 0 Å². The highest BCUT2D eigenvalue weighted by Crippen LogP contribution is 2.55. The largest absolute Gasteiger partial charge is 0.236 e. The van der Waals surface area contributed by atoms with Crippen molar-refractivity contribution in [3.8, 4) is 55.1 Å². The summed E-state index contributed by atoms with van der Waals surface area (Å²) in [6.45, 7) is 4.78. The molecule has 1 nitrogen and oxygen atoms in total. The van der Waals surface area contributed by atoms with E-state index in [1.54, 1.807) is 11.3 Å². The molecule has 0 fully saturated rings. The van der Waals surface area contributed by atoms with Gasteiger partial charge in [-0.15, -0.1) is 11.3 Å². The summed E-state index contributed by atoms with van der Waals surface area (Å²) in [5.41, 5.74) is 15.1. The topological polar surface area (TPSA) is 12.9 Å². The molecule has 54 heavy (non-hydrogen) atoms. The molecule has 0 unspecified atom stereocenters. The maximum Gasteiger partial charge on any atom is 0.124 e. The molecule has 9 aromatic carbocycles. The van der Waals surface area contributed by atoms with E-state index in [0.717, 1.165) is 16.1 Å². The Morgan fingerprint density at radius 1 is 0.389 bits per heavy atom. The number of nitrogens with zero attached hydrogens (tertiary/aromatic N) is 1. The lowest BCUT2D eigenvalue weighted by atomic mass is 9.78. The van der Waals surface area contributed by atoms with Gasteiger partial charge in [0.05, 0.1) is 10.2 Å². The highest BCUT2D eigenvalue weighted by Gasteiger charge is 2.37. The van der Waals surface area contributed by atoms with Crippen LogP contribution >= 0.6 is 11.3 Å². The molecule has 10 aromatic rings. The van der Waals surface area contributed by atoms with Crippen molar-refractivity contribution in [3.63, 3.8) is 0 Å². The van der Waals surface area contributed by atoms with Crippen LogP contribution in [0.25, 0.3) is 97.6 Å². The van der Waals surface area contributed by atoms with Crippen molar-refractivity contribution in [2.45, 2.75) is 19.3 Å². The van der Waals surface area contributed by atoms with Crippen molar-refractivity contribution < 1.29 is 0 Å². The molecule has 1 heterocycles. The van der Waals surface area contributed by atoms with E-state index >= 15 is 0 Å². The molecule has 1 aromatic heterocycles. The summed E-state index contributed by atoms with van der Waals surface area (Å²) >= 11 is 1.75. The first kappa shape index (κ1) is 31.2. The first-order chi connectivity index (χ1) is 26.5. The van der Waals surface area contributed by atoms with Crippen LogP contribution in [-0.2, 0) is 5.41 Å². The summed E-state index contributed by atoms with van der Waals surface area (Å²) in [5.74, 6) is 0. The van der Waals surface area contributed by atoms with Gasteiger partial charge in [0.15, 0.2) is 0 Å². The third kappa shape index (κ3) is 4.60. The Bertz CT molecular complexity index is 3080. The zero-order valence-corrected chi connectivity index (χ0v) is 30.9. The van der Waals surface area contributed by atoms with E-state index in [0.29, 0.717) is 0 Å². The van der Waals surface area contributed by atoms with Gasteiger partial charge in [0, 0.05) is 11.0 Å². The number of benzene rings is 9. The van der Waals surface area contributed by atoms with Gasteiger partial charge in [0.25, 0.3) is 0 Å². The Kier molecular flexibility index (Phi) is 6.84. The van der Waals surface area contributed by atoms with Gasteiger partial charge in [-0.2, -0.15) is 0 Å². The predicted octanol–water partition coefficient (Wildman–Crippen LogP) is 14.7. The molecule has 0 aliphatic heterocycles. The summed E-state index contributed by atoms with van der Waals surface area (Å²) < 4.78 is 1.21. The Labute approximate surface area is 318 Å². The molecular formula is C52H35NS. The summed E-state index contributed by atoms with van der Waals surface area (Å²) in [6, 6.07) is 65.0. The molecular weight excluding hydrogens is 671 g/mol. The van der Waals surface area contributed by atoms with Crippen molar-refractivity contribution in [2.75, 3.05) is 0 Å². The van der Waals surface area contributed by atoms with Gasteiger partial charge in [-0.1, -0.05) is 166 Å². The van der Waals surface area contributed by atoms with E-state index in [2.05, 4.69) is 190 Å². The predicted molar refractivity (Wildman–Crippen MR) is 231 cm³/mol. The minimum Gasteiger partial charge on any atom is -0.236 e. The second-order valence-electron chi connectivity index (χ2n) is 15.0. The molecule has 0 saturated carbocycles. The van der Waals surface area contributed by atoms with Crippen molar-refractivity contribution >= 4 is 53.9 Å². The molecule has 0 radical (unpaired) electrons. The molecule has 0 saturated heterocycles. The van der Waals surface area contributed by atoms with E-state index in [1.165, 1.54) is 92.7 Å². The fourth-order valence-electron chi connectivity index (χ4n) is 9.12. The molecule has 0 N–H and O–H groups in total. The van der Waals surface area contributed by atoms with E-state index in [-0.39, 0.29) is 5.41 Å². The molecule has 1 aliphatic rings. The fraction of sp³-hybridized carbons (Fsp3) is 0.0577. The maximum atomic E-state index is 4.93. The number of aromatic nitrogens is 1. The number of thiazole rings is 1. The van der Waals surface area contributed by atoms with Crippen LogP contribution in [0.15, 0.2) is 176 Å². The number of fused-ring (bicyclic) bond motifs is 8. The van der Waals surface area contributed by atoms with Crippen LogP contribution in [0.5, 0.6) is 0 Å². The lowest BCUT2D eigenvalue weighted by Gasteiger charge is -2.24. The van der Waals surface area contributed by atoms with Crippen LogP contribution in [0.4, 0.5) is 0 Å². The first-order valence-electron chi connectivity index (χ1n) is 18.7. The molecule has 0 spiro atoms. The number of rotatable bonds is 4. The van der Waals surface area contributed by atoms with E-state index in [9.17, 15) is 0 Å². The van der Waals surface area contributed by atoms with Gasteiger partial charge >= 0.3 is 0 Å². The van der Waals surface area contributed by atoms with Crippen LogP contribution in [0, 0.1) is 0 Å². The van der Waals surface area contributed by atoms with Gasteiger partial charge in [0.2, 0.25) is 0 Å². The molecule has 254 valence electrons. The first-order valence-corrected chi connectivity index (χ1v) is 19.5.